The number of halogens is 3. The van der Waals surface area contributed by atoms with Gasteiger partial charge in [0.1, 0.15) is 5.82 Å². The van der Waals surface area contributed by atoms with Crippen molar-refractivity contribution in [3.05, 3.63) is 65.5 Å². The van der Waals surface area contributed by atoms with E-state index >= 15 is 0 Å². The molecule has 0 bridgehead atoms. The third kappa shape index (κ3) is 19.3. The summed E-state index contributed by atoms with van der Waals surface area (Å²) in [5.74, 6) is 6.70. The first kappa shape index (κ1) is 32.0. The molecule has 4 N–H and O–H groups in total. The predicted molar refractivity (Wildman–Crippen MR) is 133 cm³/mol. The molecule has 2 aromatic rings. The Morgan fingerprint density at radius 2 is 1.61 bits per heavy atom. The molecule has 0 aromatic heterocycles. The maximum Gasteiger partial charge on any atom is 0.312 e. The van der Waals surface area contributed by atoms with Gasteiger partial charge in [-0.15, -0.1) is 0 Å². The number of anilines is 1. The second kappa shape index (κ2) is 22.1. The van der Waals surface area contributed by atoms with Crippen molar-refractivity contribution in [1.82, 2.24) is 5.32 Å². The van der Waals surface area contributed by atoms with Crippen molar-refractivity contribution >= 4 is 11.7 Å². The van der Waals surface area contributed by atoms with Gasteiger partial charge < -0.3 is 16.4 Å². The van der Waals surface area contributed by atoms with E-state index in [0.717, 1.165) is 17.2 Å². The minimum Gasteiger partial charge on any atom is -0.374 e. The number of benzene rings is 2. The fraction of sp³-hybridized carbons (Fsp3) is 0.423. The summed E-state index contributed by atoms with van der Waals surface area (Å²) in [6, 6.07) is 13.5. The van der Waals surface area contributed by atoms with Crippen LogP contribution in [0.15, 0.2) is 48.5 Å². The van der Waals surface area contributed by atoms with Crippen molar-refractivity contribution in [2.45, 2.75) is 54.0 Å². The Morgan fingerprint density at radius 1 is 1.06 bits per heavy atom. The van der Waals surface area contributed by atoms with Crippen LogP contribution >= 0.6 is 0 Å². The number of rotatable bonds is 4. The van der Waals surface area contributed by atoms with E-state index in [1.165, 1.54) is 18.9 Å². The number of urea groups is 1. The number of carbonyl (C=O) groups excluding carboxylic acids is 1. The highest BCUT2D eigenvalue weighted by molar-refractivity contribution is 5.71. The van der Waals surface area contributed by atoms with Crippen LogP contribution in [0, 0.1) is 23.6 Å². The number of carbonyl (C=O) groups is 1. The van der Waals surface area contributed by atoms with Crippen LogP contribution in [0.2, 0.25) is 0 Å². The lowest BCUT2D eigenvalue weighted by Gasteiger charge is -2.07. The maximum absolute atomic E-state index is 13.6. The lowest BCUT2D eigenvalue weighted by Crippen LogP contribution is -2.29. The van der Waals surface area contributed by atoms with E-state index < -0.39 is 18.8 Å². The van der Waals surface area contributed by atoms with E-state index in [1.807, 2.05) is 58.0 Å². The van der Waals surface area contributed by atoms with E-state index in [0.29, 0.717) is 12.1 Å². The first-order chi connectivity index (χ1) is 16.0. The summed E-state index contributed by atoms with van der Waals surface area (Å²) in [7, 11) is 0. The SMILES string of the molecule is CC.CC.CC1CC1.FCF.NC(=O)NCc1cc(NCC#Cc2ccccc2)ccc1F. The van der Waals surface area contributed by atoms with Crippen LogP contribution in [0.4, 0.5) is 23.7 Å². The van der Waals surface area contributed by atoms with Gasteiger partial charge in [-0.25, -0.2) is 18.0 Å². The third-order valence-corrected chi connectivity index (χ3v) is 3.75. The minimum absolute atomic E-state index is 0.0480. The zero-order valence-electron chi connectivity index (χ0n) is 20.4. The van der Waals surface area contributed by atoms with Crippen LogP contribution in [0.5, 0.6) is 0 Å². The molecule has 1 aliphatic rings. The van der Waals surface area contributed by atoms with Gasteiger partial charge in [0.25, 0.3) is 0 Å². The Hall–Kier alpha value is -3.14. The molecule has 3 rings (SSSR count). The molecule has 0 unspecified atom stereocenters. The van der Waals surface area contributed by atoms with E-state index in [9.17, 15) is 18.0 Å². The Balaban J connectivity index is 0. The normalized spacial score (nSPS) is 10.4. The van der Waals surface area contributed by atoms with E-state index in [-0.39, 0.29) is 6.54 Å². The second-order valence-electron chi connectivity index (χ2n) is 6.33. The fourth-order valence-electron chi connectivity index (χ4n) is 1.98. The van der Waals surface area contributed by atoms with Crippen LogP contribution in [-0.2, 0) is 6.54 Å². The average molecular weight is 466 g/mol. The van der Waals surface area contributed by atoms with Gasteiger partial charge in [0.05, 0.1) is 6.54 Å². The van der Waals surface area contributed by atoms with Gasteiger partial charge >= 0.3 is 6.03 Å². The van der Waals surface area contributed by atoms with Crippen molar-refractivity contribution in [2.75, 3.05) is 18.8 Å². The number of hydrogen-bond donors (Lipinski definition) is 3. The monoisotopic (exact) mass is 465 g/mol. The largest absolute Gasteiger partial charge is 0.374 e. The smallest absolute Gasteiger partial charge is 0.312 e. The maximum atomic E-state index is 13.6. The Labute approximate surface area is 197 Å². The highest BCUT2D eigenvalue weighted by Crippen LogP contribution is 2.26. The number of alkyl halides is 2. The summed E-state index contributed by atoms with van der Waals surface area (Å²) >= 11 is 0. The molecule has 1 aliphatic carbocycles. The first-order valence-corrected chi connectivity index (χ1v) is 11.2. The molecule has 1 saturated carbocycles. The molecule has 0 radical (unpaired) electrons. The number of nitrogens with one attached hydrogen (secondary N) is 2. The molecule has 184 valence electrons. The Bertz CT molecular complexity index is 801. The van der Waals surface area contributed by atoms with Crippen LogP contribution in [0.1, 0.15) is 58.6 Å². The van der Waals surface area contributed by atoms with E-state index in [2.05, 4.69) is 29.4 Å². The summed E-state index contributed by atoms with van der Waals surface area (Å²) < 4.78 is 32.8. The standard InChI is InChI=1S/C17H16FN3O.C4H8.2C2H6.CH2F2/c18-16-9-8-15(11-14(16)12-21-17(19)22)20-10-4-7-13-5-2-1-3-6-13;1-4-2-3-4;2*1-2;2-1-3/h1-3,5-6,8-9,11,20H,10,12H2,(H3,19,21,22);4H,2-3H2,1H3;2*1-2H3;1H2. The number of hydrogen-bond acceptors (Lipinski definition) is 2. The van der Waals surface area contributed by atoms with Crippen LogP contribution in [0.25, 0.3) is 0 Å². The van der Waals surface area contributed by atoms with Crippen molar-refractivity contribution in [2.24, 2.45) is 11.7 Å². The zero-order chi connectivity index (χ0) is 25.5. The molecule has 7 heteroatoms. The van der Waals surface area contributed by atoms with Crippen molar-refractivity contribution < 1.29 is 18.0 Å². The van der Waals surface area contributed by atoms with Crippen molar-refractivity contribution in [3.8, 4) is 11.8 Å². The van der Waals surface area contributed by atoms with Gasteiger partial charge in [-0.3, -0.25) is 0 Å². The summed E-state index contributed by atoms with van der Waals surface area (Å²) in [4.78, 5) is 10.7. The average Bonchev–Trinajstić information content (AvgIpc) is 3.63. The van der Waals surface area contributed by atoms with Gasteiger partial charge in [-0.05, 0) is 36.2 Å². The van der Waals surface area contributed by atoms with Gasteiger partial charge in [0.2, 0.25) is 6.93 Å². The van der Waals surface area contributed by atoms with Crippen molar-refractivity contribution in [3.63, 3.8) is 0 Å². The summed E-state index contributed by atoms with van der Waals surface area (Å²) in [6.45, 7) is 9.01. The van der Waals surface area contributed by atoms with Crippen molar-refractivity contribution in [1.29, 1.82) is 0 Å². The third-order valence-electron chi connectivity index (χ3n) is 3.75. The van der Waals surface area contributed by atoms with Gasteiger partial charge in [-0.1, -0.05) is 77.5 Å². The van der Waals surface area contributed by atoms with E-state index in [4.69, 9.17) is 5.73 Å². The minimum atomic E-state index is -1.75. The molecule has 0 heterocycles. The number of primary amides is 1. The number of amides is 2. The molecule has 1 fully saturated rings. The molecule has 4 nitrogen and oxygen atoms in total. The molecule has 2 aromatic carbocycles. The molecule has 0 aliphatic heterocycles. The van der Waals surface area contributed by atoms with Gasteiger partial charge in [0.15, 0.2) is 0 Å². The lowest BCUT2D eigenvalue weighted by atomic mass is 10.2. The molecular formula is C26H38F3N3O. The predicted octanol–water partition coefficient (Wildman–Crippen LogP) is 6.81. The summed E-state index contributed by atoms with van der Waals surface area (Å²) in [5.41, 5.74) is 7.00. The lowest BCUT2D eigenvalue weighted by molar-refractivity contribution is 0.248. The first-order valence-electron chi connectivity index (χ1n) is 11.2. The van der Waals surface area contributed by atoms with Gasteiger partial charge in [0, 0.05) is 23.4 Å². The summed E-state index contributed by atoms with van der Waals surface area (Å²) in [5, 5.41) is 5.45. The molecule has 0 saturated heterocycles. The topological polar surface area (TPSA) is 67.2 Å². The van der Waals surface area contributed by atoms with Gasteiger partial charge in [-0.2, -0.15) is 0 Å². The molecule has 0 spiro atoms. The molecular weight excluding hydrogens is 427 g/mol. The zero-order valence-corrected chi connectivity index (χ0v) is 20.4. The highest BCUT2D eigenvalue weighted by atomic mass is 19.3. The Kier molecular flexibility index (Phi) is 21.4. The fourth-order valence-corrected chi connectivity index (χ4v) is 1.98. The van der Waals surface area contributed by atoms with Crippen LogP contribution < -0.4 is 16.4 Å². The Morgan fingerprint density at radius 3 is 2.09 bits per heavy atom. The quantitative estimate of drug-likeness (QED) is 0.434. The molecule has 2 amide bonds. The second-order valence-corrected chi connectivity index (χ2v) is 6.33. The highest BCUT2D eigenvalue weighted by Gasteiger charge is 2.12. The van der Waals surface area contributed by atoms with Crippen LogP contribution in [-0.4, -0.2) is 19.5 Å². The molecule has 0 atom stereocenters. The van der Waals surface area contributed by atoms with Crippen LogP contribution in [0.3, 0.4) is 0 Å². The van der Waals surface area contributed by atoms with E-state index in [1.54, 1.807) is 12.1 Å². The molecule has 33 heavy (non-hydrogen) atoms. The number of nitrogens with two attached hydrogens (primary N) is 1. The summed E-state index contributed by atoms with van der Waals surface area (Å²) in [6.07, 6.45) is 2.97.